The predicted octanol–water partition coefficient (Wildman–Crippen LogP) is 4.49. The third-order valence-electron chi connectivity index (χ3n) is 4.18. The molecule has 33 heavy (non-hydrogen) atoms. The molecular weight excluding hydrogens is 523 g/mol. The number of aryl methyl sites for hydroxylation is 1. The Hall–Kier alpha value is -3.03. The second kappa shape index (κ2) is 10.7. The number of nitrogens with zero attached hydrogens (tertiary/aromatic N) is 1. The van der Waals surface area contributed by atoms with Gasteiger partial charge in [0, 0.05) is 23.4 Å². The fourth-order valence-corrected chi connectivity index (χ4v) is 3.37. The predicted molar refractivity (Wildman–Crippen MR) is 107 cm³/mol. The summed E-state index contributed by atoms with van der Waals surface area (Å²) < 4.78 is 60.6. The molecule has 0 amide bonds. The fraction of sp³-hybridized carbons (Fsp3) is 0.474. The molecule has 0 spiro atoms. The van der Waals surface area contributed by atoms with Crippen molar-refractivity contribution in [1.82, 2.24) is 0 Å². The van der Waals surface area contributed by atoms with Crippen molar-refractivity contribution in [2.45, 2.75) is 51.9 Å². The molecule has 0 N–H and O–H groups in total. The molecule has 1 aromatic carbocycles. The highest BCUT2D eigenvalue weighted by molar-refractivity contribution is 9.10. The number of esters is 1. The molecule has 3 atom stereocenters. The number of carbonyl (C=O) groups excluding carboxylic acids is 2. The summed E-state index contributed by atoms with van der Waals surface area (Å²) in [5.74, 6) is -1.44. The van der Waals surface area contributed by atoms with Crippen LogP contribution in [0.5, 0.6) is 5.75 Å². The zero-order chi connectivity index (χ0) is 24.9. The highest BCUT2D eigenvalue weighted by Gasteiger charge is 2.49. The number of hydrogen-bond donors (Lipinski definition) is 0. The summed E-state index contributed by atoms with van der Waals surface area (Å²) >= 11 is 3.23. The molecule has 0 aliphatic carbocycles. The van der Waals surface area contributed by atoms with Gasteiger partial charge in [0.05, 0.1) is 12.2 Å². The highest BCUT2D eigenvalue weighted by Crippen LogP contribution is 2.40. The van der Waals surface area contributed by atoms with Crippen molar-refractivity contribution in [3.05, 3.63) is 43.4 Å². The number of rotatable bonds is 8. The van der Waals surface area contributed by atoms with Crippen molar-refractivity contribution in [1.29, 1.82) is 0 Å². The van der Waals surface area contributed by atoms with E-state index in [0.717, 1.165) is 13.0 Å². The standard InChI is InChI=1S/C19H19BrF3NO9/c1-9-6-13(20)7-12-8-14(16(19(21,22)23)33-15(9)12)17(25)31-11(3)32-18(26)30-10(2)4-5-29-24(27)28/h6-8,10-11,16H,4-5H2,1-3H3. The van der Waals surface area contributed by atoms with Crippen LogP contribution in [0.25, 0.3) is 6.08 Å². The molecular formula is C19H19BrF3NO9. The molecule has 0 bridgehead atoms. The van der Waals surface area contributed by atoms with Gasteiger partial charge in [-0.05, 0) is 37.6 Å². The molecule has 1 heterocycles. The third-order valence-corrected chi connectivity index (χ3v) is 4.64. The highest BCUT2D eigenvalue weighted by atomic mass is 79.9. The van der Waals surface area contributed by atoms with E-state index in [9.17, 15) is 32.9 Å². The molecule has 2 rings (SSSR count). The molecule has 1 aliphatic rings. The summed E-state index contributed by atoms with van der Waals surface area (Å²) in [4.78, 5) is 38.4. The summed E-state index contributed by atoms with van der Waals surface area (Å²) in [7, 11) is 0. The van der Waals surface area contributed by atoms with Crippen LogP contribution in [0, 0.1) is 17.0 Å². The molecule has 3 unspecified atom stereocenters. The Labute approximate surface area is 193 Å². The van der Waals surface area contributed by atoms with Gasteiger partial charge in [0.1, 0.15) is 11.9 Å². The van der Waals surface area contributed by atoms with Crippen LogP contribution in [-0.2, 0) is 23.8 Å². The van der Waals surface area contributed by atoms with Gasteiger partial charge in [-0.1, -0.05) is 15.9 Å². The second-order valence-electron chi connectivity index (χ2n) is 6.89. The van der Waals surface area contributed by atoms with E-state index in [0.29, 0.717) is 10.0 Å². The first-order valence-electron chi connectivity index (χ1n) is 9.38. The number of carbonyl (C=O) groups is 2. The lowest BCUT2D eigenvalue weighted by Crippen LogP contribution is -2.41. The van der Waals surface area contributed by atoms with Crippen LogP contribution in [0.15, 0.2) is 22.2 Å². The van der Waals surface area contributed by atoms with Crippen molar-refractivity contribution in [3.63, 3.8) is 0 Å². The number of benzene rings is 1. The van der Waals surface area contributed by atoms with Crippen LogP contribution in [-0.4, -0.2) is 48.5 Å². The first-order valence-corrected chi connectivity index (χ1v) is 10.2. The molecule has 0 aromatic heterocycles. The third kappa shape index (κ3) is 7.51. The summed E-state index contributed by atoms with van der Waals surface area (Å²) in [6.07, 6.45) is -10.3. The summed E-state index contributed by atoms with van der Waals surface area (Å²) in [5.41, 5.74) is -0.177. The van der Waals surface area contributed by atoms with Gasteiger partial charge in [0.25, 0.3) is 5.09 Å². The van der Waals surface area contributed by atoms with E-state index in [1.165, 1.54) is 13.0 Å². The molecule has 1 aromatic rings. The number of ether oxygens (including phenoxy) is 4. The Morgan fingerprint density at radius 3 is 2.52 bits per heavy atom. The SMILES string of the molecule is Cc1cc(Br)cc2c1OC(C(F)(F)F)C(C(=O)OC(C)OC(=O)OC(C)CCO[N+](=O)[O-])=C2. The van der Waals surface area contributed by atoms with Gasteiger partial charge >= 0.3 is 18.3 Å². The largest absolute Gasteiger partial charge is 0.511 e. The van der Waals surface area contributed by atoms with Crippen LogP contribution in [0.1, 0.15) is 31.4 Å². The smallest absolute Gasteiger partial charge is 0.475 e. The van der Waals surface area contributed by atoms with Gasteiger partial charge in [0.2, 0.25) is 12.4 Å². The quantitative estimate of drug-likeness (QED) is 0.202. The van der Waals surface area contributed by atoms with E-state index in [2.05, 4.69) is 20.8 Å². The molecule has 0 saturated carbocycles. The van der Waals surface area contributed by atoms with Crippen LogP contribution in [0.2, 0.25) is 0 Å². The van der Waals surface area contributed by atoms with Crippen molar-refractivity contribution in [2.75, 3.05) is 6.61 Å². The Bertz CT molecular complexity index is 951. The van der Waals surface area contributed by atoms with Crippen LogP contribution in [0.3, 0.4) is 0 Å². The van der Waals surface area contributed by atoms with Gasteiger partial charge < -0.3 is 23.8 Å². The lowest BCUT2D eigenvalue weighted by atomic mass is 9.99. The number of hydrogen-bond acceptors (Lipinski definition) is 9. The minimum Gasteiger partial charge on any atom is -0.475 e. The van der Waals surface area contributed by atoms with Gasteiger partial charge in [-0.3, -0.25) is 0 Å². The average molecular weight is 542 g/mol. The van der Waals surface area contributed by atoms with E-state index < -0.39 is 47.5 Å². The van der Waals surface area contributed by atoms with Crippen molar-refractivity contribution >= 4 is 34.1 Å². The van der Waals surface area contributed by atoms with E-state index >= 15 is 0 Å². The molecule has 182 valence electrons. The Morgan fingerprint density at radius 2 is 1.91 bits per heavy atom. The average Bonchev–Trinajstić information content (AvgIpc) is 2.65. The maximum absolute atomic E-state index is 13.6. The second-order valence-corrected chi connectivity index (χ2v) is 7.81. The zero-order valence-corrected chi connectivity index (χ0v) is 19.1. The van der Waals surface area contributed by atoms with Gasteiger partial charge in [-0.25, -0.2) is 9.59 Å². The van der Waals surface area contributed by atoms with Crippen molar-refractivity contribution < 1.29 is 51.6 Å². The Morgan fingerprint density at radius 1 is 1.24 bits per heavy atom. The number of fused-ring (bicyclic) bond motifs is 1. The molecule has 0 saturated heterocycles. The number of alkyl halides is 3. The van der Waals surface area contributed by atoms with Crippen LogP contribution in [0.4, 0.5) is 18.0 Å². The summed E-state index contributed by atoms with van der Waals surface area (Å²) in [6.45, 7) is 3.72. The lowest BCUT2D eigenvalue weighted by molar-refractivity contribution is -0.758. The van der Waals surface area contributed by atoms with Crippen molar-refractivity contribution in [3.8, 4) is 5.75 Å². The molecule has 14 heteroatoms. The van der Waals surface area contributed by atoms with E-state index in [-0.39, 0.29) is 24.3 Å². The van der Waals surface area contributed by atoms with Gasteiger partial charge in [-0.15, -0.1) is 10.1 Å². The van der Waals surface area contributed by atoms with Gasteiger partial charge in [-0.2, -0.15) is 13.2 Å². The maximum atomic E-state index is 13.6. The normalized spacial score (nSPS) is 16.9. The fourth-order valence-electron chi connectivity index (χ4n) is 2.78. The first-order chi connectivity index (χ1) is 15.3. The Balaban J connectivity index is 2.06. The van der Waals surface area contributed by atoms with Crippen LogP contribution < -0.4 is 4.74 Å². The van der Waals surface area contributed by atoms with E-state index in [1.54, 1.807) is 13.0 Å². The Kier molecular flexibility index (Phi) is 8.52. The van der Waals surface area contributed by atoms with Crippen LogP contribution >= 0.6 is 15.9 Å². The van der Waals surface area contributed by atoms with Gasteiger partial charge in [0.15, 0.2) is 0 Å². The molecule has 0 radical (unpaired) electrons. The summed E-state index contributed by atoms with van der Waals surface area (Å²) in [5, 5.41) is 9.07. The molecule has 10 nitrogen and oxygen atoms in total. The van der Waals surface area contributed by atoms with Crippen molar-refractivity contribution in [2.24, 2.45) is 0 Å². The minimum atomic E-state index is -4.92. The van der Waals surface area contributed by atoms with E-state index in [1.807, 2.05) is 0 Å². The maximum Gasteiger partial charge on any atom is 0.511 e. The summed E-state index contributed by atoms with van der Waals surface area (Å²) in [6, 6.07) is 3.04. The zero-order valence-electron chi connectivity index (χ0n) is 17.5. The topological polar surface area (TPSA) is 123 Å². The molecule has 1 aliphatic heterocycles. The monoisotopic (exact) mass is 541 g/mol. The van der Waals surface area contributed by atoms with E-state index in [4.69, 9.17) is 18.9 Å². The minimum absolute atomic E-state index is 0.0278. The number of halogens is 4. The lowest BCUT2D eigenvalue weighted by Gasteiger charge is -2.29. The molecule has 0 fully saturated rings. The first kappa shape index (κ1) is 26.2.